The summed E-state index contributed by atoms with van der Waals surface area (Å²) in [6.45, 7) is 3.78. The van der Waals surface area contributed by atoms with E-state index in [0.29, 0.717) is 28.2 Å². The Labute approximate surface area is 158 Å². The lowest BCUT2D eigenvalue weighted by Crippen LogP contribution is -2.39. The first-order valence-electron chi connectivity index (χ1n) is 8.82. The molecule has 3 heterocycles. The zero-order valence-electron chi connectivity index (χ0n) is 15.0. The quantitative estimate of drug-likeness (QED) is 0.851. The van der Waals surface area contributed by atoms with Crippen LogP contribution in [-0.4, -0.2) is 41.0 Å². The number of nitrogens with one attached hydrogen (secondary N) is 1. The second-order valence-corrected chi connectivity index (χ2v) is 6.84. The van der Waals surface area contributed by atoms with E-state index in [2.05, 4.69) is 22.2 Å². The molecule has 1 fully saturated rings. The zero-order valence-corrected chi connectivity index (χ0v) is 15.8. The highest BCUT2D eigenvalue weighted by Gasteiger charge is 2.24. The highest BCUT2D eigenvalue weighted by Crippen LogP contribution is 2.26. The van der Waals surface area contributed by atoms with E-state index in [1.54, 1.807) is 31.6 Å². The van der Waals surface area contributed by atoms with Gasteiger partial charge in [-0.05, 0) is 30.9 Å². The van der Waals surface area contributed by atoms with Crippen molar-refractivity contribution in [2.75, 3.05) is 25.5 Å². The van der Waals surface area contributed by atoms with Crippen LogP contribution in [-0.2, 0) is 0 Å². The van der Waals surface area contributed by atoms with Crippen molar-refractivity contribution >= 4 is 29.0 Å². The van der Waals surface area contributed by atoms with E-state index in [4.69, 9.17) is 16.3 Å². The first kappa shape index (κ1) is 18.5. The number of carbonyl (C=O) groups excluding carboxylic acids is 1. The highest BCUT2D eigenvalue weighted by atomic mass is 35.5. The Morgan fingerprint density at radius 3 is 2.88 bits per heavy atom. The van der Waals surface area contributed by atoms with Crippen molar-refractivity contribution in [3.8, 4) is 5.88 Å². The molecule has 1 atom stereocenters. The number of halogens is 1. The smallest absolute Gasteiger partial charge is 0.255 e. The van der Waals surface area contributed by atoms with Gasteiger partial charge in [-0.15, -0.1) is 0 Å². The number of hydrogen-bond donors (Lipinski definition) is 1. The number of ether oxygens (including phenoxy) is 1. The van der Waals surface area contributed by atoms with Gasteiger partial charge in [-0.1, -0.05) is 24.9 Å². The van der Waals surface area contributed by atoms with E-state index in [1.807, 2.05) is 11.0 Å². The molecule has 2 aromatic rings. The first-order chi connectivity index (χ1) is 12.6. The minimum absolute atomic E-state index is 0.00443. The number of methoxy groups -OCH3 is 1. The SMILES string of the molecule is CCC1CCCN(C(=O)c2cnc(Nc3ccc(OC)nc3)c(Cl)c2)C1. The predicted octanol–water partition coefficient (Wildman–Crippen LogP) is 4.14. The van der Waals surface area contributed by atoms with Crippen LogP contribution in [0.15, 0.2) is 30.6 Å². The van der Waals surface area contributed by atoms with Gasteiger partial charge in [0.25, 0.3) is 5.91 Å². The number of nitrogens with zero attached hydrogens (tertiary/aromatic N) is 3. The maximum absolute atomic E-state index is 12.7. The molecule has 1 aliphatic rings. The third kappa shape index (κ3) is 4.25. The van der Waals surface area contributed by atoms with Crippen molar-refractivity contribution in [2.24, 2.45) is 5.92 Å². The van der Waals surface area contributed by atoms with Crippen LogP contribution in [0.3, 0.4) is 0 Å². The van der Waals surface area contributed by atoms with Crippen molar-refractivity contribution in [3.63, 3.8) is 0 Å². The molecule has 0 aliphatic carbocycles. The third-order valence-corrected chi connectivity index (χ3v) is 4.97. The topological polar surface area (TPSA) is 67.4 Å². The number of pyridine rings is 2. The average Bonchev–Trinajstić information content (AvgIpc) is 2.69. The van der Waals surface area contributed by atoms with Crippen LogP contribution < -0.4 is 10.1 Å². The van der Waals surface area contributed by atoms with E-state index in [-0.39, 0.29) is 5.91 Å². The summed E-state index contributed by atoms with van der Waals surface area (Å²) >= 11 is 6.34. The molecule has 138 valence electrons. The Morgan fingerprint density at radius 2 is 2.23 bits per heavy atom. The fraction of sp³-hybridized carbons (Fsp3) is 0.421. The molecule has 0 aromatic carbocycles. The van der Waals surface area contributed by atoms with Gasteiger partial charge in [0.1, 0.15) is 5.82 Å². The van der Waals surface area contributed by atoms with Gasteiger partial charge in [0.05, 0.1) is 29.6 Å². The monoisotopic (exact) mass is 374 g/mol. The van der Waals surface area contributed by atoms with Crippen LogP contribution in [0.25, 0.3) is 0 Å². The second-order valence-electron chi connectivity index (χ2n) is 6.44. The summed E-state index contributed by atoms with van der Waals surface area (Å²) in [5, 5.41) is 3.50. The fourth-order valence-electron chi connectivity index (χ4n) is 3.12. The molecule has 0 saturated carbocycles. The van der Waals surface area contributed by atoms with Gasteiger partial charge in [0.2, 0.25) is 5.88 Å². The van der Waals surface area contributed by atoms with Gasteiger partial charge in [-0.25, -0.2) is 9.97 Å². The third-order valence-electron chi connectivity index (χ3n) is 4.68. The average molecular weight is 375 g/mol. The van der Waals surface area contributed by atoms with Crippen LogP contribution in [0, 0.1) is 5.92 Å². The van der Waals surface area contributed by atoms with E-state index in [9.17, 15) is 4.79 Å². The molecule has 2 aromatic heterocycles. The van der Waals surface area contributed by atoms with Gasteiger partial charge >= 0.3 is 0 Å². The number of piperidine rings is 1. The first-order valence-corrected chi connectivity index (χ1v) is 9.20. The normalized spacial score (nSPS) is 17.0. The molecule has 1 saturated heterocycles. The minimum Gasteiger partial charge on any atom is -0.481 e. The van der Waals surface area contributed by atoms with Gasteiger partial charge in [0.15, 0.2) is 0 Å². The molecule has 1 aliphatic heterocycles. The van der Waals surface area contributed by atoms with Gasteiger partial charge < -0.3 is 15.0 Å². The Kier molecular flexibility index (Phi) is 5.93. The minimum atomic E-state index is -0.00443. The summed E-state index contributed by atoms with van der Waals surface area (Å²) in [5.74, 6) is 1.59. The number of likely N-dealkylation sites (tertiary alicyclic amines) is 1. The van der Waals surface area contributed by atoms with Crippen molar-refractivity contribution in [1.29, 1.82) is 0 Å². The van der Waals surface area contributed by atoms with Crippen LogP contribution in [0.5, 0.6) is 5.88 Å². The summed E-state index contributed by atoms with van der Waals surface area (Å²) in [7, 11) is 1.56. The number of rotatable bonds is 5. The molecular weight excluding hydrogens is 352 g/mol. The number of aromatic nitrogens is 2. The molecule has 0 bridgehead atoms. The van der Waals surface area contributed by atoms with Gasteiger partial charge in [-0.2, -0.15) is 0 Å². The molecule has 1 N–H and O–H groups in total. The number of carbonyl (C=O) groups is 1. The summed E-state index contributed by atoms with van der Waals surface area (Å²) in [5.41, 5.74) is 1.26. The Hall–Kier alpha value is -2.34. The molecule has 0 spiro atoms. The van der Waals surface area contributed by atoms with Gasteiger partial charge in [0, 0.05) is 25.4 Å². The summed E-state index contributed by atoms with van der Waals surface area (Å²) in [6.07, 6.45) is 6.55. The number of amides is 1. The van der Waals surface area contributed by atoms with Gasteiger partial charge in [-0.3, -0.25) is 4.79 Å². The van der Waals surface area contributed by atoms with E-state index in [0.717, 1.165) is 31.6 Å². The van der Waals surface area contributed by atoms with Crippen LogP contribution >= 0.6 is 11.6 Å². The van der Waals surface area contributed by atoms with Crippen LogP contribution in [0.1, 0.15) is 36.5 Å². The van der Waals surface area contributed by atoms with Crippen molar-refractivity contribution in [2.45, 2.75) is 26.2 Å². The Bertz CT molecular complexity index is 767. The number of hydrogen-bond acceptors (Lipinski definition) is 5. The molecule has 1 amide bonds. The number of anilines is 2. The van der Waals surface area contributed by atoms with E-state index < -0.39 is 0 Å². The molecular formula is C19H23ClN4O2. The fourth-order valence-corrected chi connectivity index (χ4v) is 3.34. The highest BCUT2D eigenvalue weighted by molar-refractivity contribution is 6.33. The lowest BCUT2D eigenvalue weighted by molar-refractivity contribution is 0.0671. The lowest BCUT2D eigenvalue weighted by Gasteiger charge is -2.32. The van der Waals surface area contributed by atoms with Crippen molar-refractivity contribution in [1.82, 2.24) is 14.9 Å². The van der Waals surface area contributed by atoms with Crippen LogP contribution in [0.4, 0.5) is 11.5 Å². The molecule has 26 heavy (non-hydrogen) atoms. The predicted molar refractivity (Wildman–Crippen MR) is 102 cm³/mol. The molecule has 1 unspecified atom stereocenters. The standard InChI is InChI=1S/C19H23ClN4O2/c1-3-13-5-4-8-24(12-13)19(25)14-9-16(20)18(22-10-14)23-15-6-7-17(26-2)21-11-15/h6-7,9-11,13H,3-5,8,12H2,1-2H3,(H,22,23). The summed E-state index contributed by atoms with van der Waals surface area (Å²) < 4.78 is 5.04. The maximum atomic E-state index is 12.7. The van der Waals surface area contributed by atoms with Crippen molar-refractivity contribution in [3.05, 3.63) is 41.2 Å². The Morgan fingerprint density at radius 1 is 1.38 bits per heavy atom. The Balaban J connectivity index is 1.71. The van der Waals surface area contributed by atoms with Crippen LogP contribution in [0.2, 0.25) is 5.02 Å². The van der Waals surface area contributed by atoms with E-state index >= 15 is 0 Å². The second kappa shape index (κ2) is 8.36. The largest absolute Gasteiger partial charge is 0.481 e. The zero-order chi connectivity index (χ0) is 18.5. The summed E-state index contributed by atoms with van der Waals surface area (Å²) in [4.78, 5) is 23.1. The maximum Gasteiger partial charge on any atom is 0.255 e. The molecule has 3 rings (SSSR count). The lowest BCUT2D eigenvalue weighted by atomic mass is 9.95. The molecule has 6 nitrogen and oxygen atoms in total. The van der Waals surface area contributed by atoms with Crippen molar-refractivity contribution < 1.29 is 9.53 Å². The molecule has 0 radical (unpaired) electrons. The molecule has 7 heteroatoms. The summed E-state index contributed by atoms with van der Waals surface area (Å²) in [6, 6.07) is 5.24. The van der Waals surface area contributed by atoms with E-state index in [1.165, 1.54) is 6.42 Å².